The average Bonchev–Trinajstić information content (AvgIpc) is 2.91. The van der Waals surface area contributed by atoms with Crippen LogP contribution in [0.2, 0.25) is 0 Å². The van der Waals surface area contributed by atoms with E-state index < -0.39 is 15.8 Å². The SMILES string of the molecule is CN(C1CCCC1)S(=O)(=O)c1cccc(F)c1CN. The number of nitrogens with two attached hydrogens (primary N) is 1. The smallest absolute Gasteiger partial charge is 0.243 e. The summed E-state index contributed by atoms with van der Waals surface area (Å²) < 4.78 is 40.1. The van der Waals surface area contributed by atoms with E-state index in [1.165, 1.54) is 22.5 Å². The summed E-state index contributed by atoms with van der Waals surface area (Å²) in [6.45, 7) is -0.125. The van der Waals surface area contributed by atoms with Gasteiger partial charge in [0.25, 0.3) is 0 Å². The van der Waals surface area contributed by atoms with Crippen molar-refractivity contribution in [2.45, 2.75) is 43.2 Å². The summed E-state index contributed by atoms with van der Waals surface area (Å²) in [4.78, 5) is -0.00981. The van der Waals surface area contributed by atoms with Crippen LogP contribution in [-0.4, -0.2) is 25.8 Å². The van der Waals surface area contributed by atoms with Gasteiger partial charge in [-0.15, -0.1) is 0 Å². The van der Waals surface area contributed by atoms with Crippen LogP contribution in [0.4, 0.5) is 4.39 Å². The van der Waals surface area contributed by atoms with Crippen molar-refractivity contribution in [3.05, 3.63) is 29.6 Å². The summed E-state index contributed by atoms with van der Waals surface area (Å²) in [5.41, 5.74) is 5.54. The minimum absolute atomic E-state index is 0.00981. The topological polar surface area (TPSA) is 63.4 Å². The fraction of sp³-hybridized carbons (Fsp3) is 0.538. The van der Waals surface area contributed by atoms with Gasteiger partial charge in [0.15, 0.2) is 0 Å². The molecule has 6 heteroatoms. The van der Waals surface area contributed by atoms with E-state index in [2.05, 4.69) is 0 Å². The number of halogens is 1. The second kappa shape index (κ2) is 5.56. The number of nitrogens with zero attached hydrogens (tertiary/aromatic N) is 1. The maximum absolute atomic E-state index is 13.7. The molecule has 0 bridgehead atoms. The molecule has 0 saturated heterocycles. The fourth-order valence-corrected chi connectivity index (χ4v) is 4.25. The summed E-state index contributed by atoms with van der Waals surface area (Å²) in [5, 5.41) is 0. The molecule has 0 radical (unpaired) electrons. The number of hydrogen-bond donors (Lipinski definition) is 1. The summed E-state index contributed by atoms with van der Waals surface area (Å²) in [6, 6.07) is 4.08. The minimum atomic E-state index is -3.67. The van der Waals surface area contributed by atoms with Gasteiger partial charge >= 0.3 is 0 Å². The van der Waals surface area contributed by atoms with Gasteiger partial charge in [-0.05, 0) is 25.0 Å². The van der Waals surface area contributed by atoms with Gasteiger partial charge in [0, 0.05) is 25.2 Å². The van der Waals surface area contributed by atoms with Gasteiger partial charge in [0.2, 0.25) is 10.0 Å². The molecule has 0 aliphatic heterocycles. The number of benzene rings is 1. The molecule has 1 fully saturated rings. The molecule has 1 aliphatic rings. The summed E-state index contributed by atoms with van der Waals surface area (Å²) in [6.07, 6.45) is 3.81. The first-order valence-electron chi connectivity index (χ1n) is 6.44. The molecular weight excluding hydrogens is 267 g/mol. The highest BCUT2D eigenvalue weighted by atomic mass is 32.2. The van der Waals surface area contributed by atoms with Crippen molar-refractivity contribution < 1.29 is 12.8 Å². The molecule has 0 amide bonds. The Hall–Kier alpha value is -0.980. The Labute approximate surface area is 113 Å². The van der Waals surface area contributed by atoms with E-state index in [1.54, 1.807) is 7.05 Å². The largest absolute Gasteiger partial charge is 0.326 e. The molecule has 4 nitrogen and oxygen atoms in total. The van der Waals surface area contributed by atoms with Gasteiger partial charge in [0.1, 0.15) is 5.82 Å². The second-order valence-electron chi connectivity index (χ2n) is 4.88. The van der Waals surface area contributed by atoms with Crippen molar-refractivity contribution in [2.24, 2.45) is 5.73 Å². The zero-order valence-corrected chi connectivity index (χ0v) is 11.8. The third-order valence-corrected chi connectivity index (χ3v) is 5.77. The Morgan fingerprint density at radius 2 is 2.00 bits per heavy atom. The summed E-state index contributed by atoms with van der Waals surface area (Å²) in [7, 11) is -2.11. The lowest BCUT2D eigenvalue weighted by atomic mass is 10.2. The van der Waals surface area contributed by atoms with E-state index in [-0.39, 0.29) is 23.0 Å². The van der Waals surface area contributed by atoms with E-state index in [1.807, 2.05) is 0 Å². The van der Waals surface area contributed by atoms with E-state index in [9.17, 15) is 12.8 Å². The molecule has 2 rings (SSSR count). The Morgan fingerprint density at radius 3 is 2.58 bits per heavy atom. The van der Waals surface area contributed by atoms with Crippen LogP contribution in [0.1, 0.15) is 31.2 Å². The summed E-state index contributed by atoms with van der Waals surface area (Å²) >= 11 is 0. The number of hydrogen-bond acceptors (Lipinski definition) is 3. The van der Waals surface area contributed by atoms with E-state index in [0.29, 0.717) is 0 Å². The van der Waals surface area contributed by atoms with Crippen LogP contribution < -0.4 is 5.73 Å². The van der Waals surface area contributed by atoms with Crippen molar-refractivity contribution >= 4 is 10.0 Å². The molecule has 0 atom stereocenters. The number of sulfonamides is 1. The molecule has 1 aliphatic carbocycles. The van der Waals surface area contributed by atoms with Crippen LogP contribution in [0.5, 0.6) is 0 Å². The van der Waals surface area contributed by atoms with Gasteiger partial charge < -0.3 is 5.73 Å². The first-order valence-corrected chi connectivity index (χ1v) is 7.88. The first kappa shape index (κ1) is 14.4. The second-order valence-corrected chi connectivity index (χ2v) is 6.85. The normalized spacial score (nSPS) is 17.3. The standard InChI is InChI=1S/C13H19FN2O2S/c1-16(10-5-2-3-6-10)19(17,18)13-8-4-7-12(14)11(13)9-15/h4,7-8,10H,2-3,5-6,9,15H2,1H3. The zero-order chi connectivity index (χ0) is 14.0. The van der Waals surface area contributed by atoms with Gasteiger partial charge in [-0.1, -0.05) is 18.9 Å². The van der Waals surface area contributed by atoms with Gasteiger partial charge in [-0.2, -0.15) is 4.31 Å². The van der Waals surface area contributed by atoms with E-state index in [0.717, 1.165) is 25.7 Å². The highest BCUT2D eigenvalue weighted by Gasteiger charge is 2.31. The maximum Gasteiger partial charge on any atom is 0.243 e. The monoisotopic (exact) mass is 286 g/mol. The van der Waals surface area contributed by atoms with Crippen molar-refractivity contribution in [3.63, 3.8) is 0 Å². The molecule has 1 saturated carbocycles. The van der Waals surface area contributed by atoms with Crippen molar-refractivity contribution in [1.29, 1.82) is 0 Å². The Morgan fingerprint density at radius 1 is 1.37 bits per heavy atom. The molecule has 0 unspecified atom stereocenters. The Balaban J connectivity index is 2.41. The minimum Gasteiger partial charge on any atom is -0.326 e. The third-order valence-electron chi connectivity index (χ3n) is 3.78. The maximum atomic E-state index is 13.7. The molecule has 0 aromatic heterocycles. The van der Waals surface area contributed by atoms with Crippen LogP contribution in [-0.2, 0) is 16.6 Å². The average molecular weight is 286 g/mol. The van der Waals surface area contributed by atoms with E-state index >= 15 is 0 Å². The molecule has 0 spiro atoms. The van der Waals surface area contributed by atoms with Gasteiger partial charge in [-0.25, -0.2) is 12.8 Å². The van der Waals surface area contributed by atoms with E-state index in [4.69, 9.17) is 5.73 Å². The van der Waals surface area contributed by atoms with Gasteiger partial charge in [0.05, 0.1) is 4.90 Å². The lowest BCUT2D eigenvalue weighted by molar-refractivity contribution is 0.372. The number of rotatable bonds is 4. The zero-order valence-electron chi connectivity index (χ0n) is 11.0. The summed E-state index contributed by atoms with van der Waals surface area (Å²) in [5.74, 6) is -0.566. The van der Waals surface area contributed by atoms with Crippen LogP contribution in [0.15, 0.2) is 23.1 Å². The molecular formula is C13H19FN2O2S. The Kier molecular flexibility index (Phi) is 4.23. The molecule has 0 heterocycles. The van der Waals surface area contributed by atoms with Crippen molar-refractivity contribution in [2.75, 3.05) is 7.05 Å². The van der Waals surface area contributed by atoms with Crippen LogP contribution in [0, 0.1) is 5.82 Å². The van der Waals surface area contributed by atoms with Crippen LogP contribution in [0.25, 0.3) is 0 Å². The predicted molar refractivity (Wildman–Crippen MR) is 71.5 cm³/mol. The van der Waals surface area contributed by atoms with Crippen LogP contribution in [0.3, 0.4) is 0 Å². The lowest BCUT2D eigenvalue weighted by Gasteiger charge is -2.24. The Bertz CT molecular complexity index is 554. The first-order chi connectivity index (χ1) is 8.98. The van der Waals surface area contributed by atoms with Gasteiger partial charge in [-0.3, -0.25) is 0 Å². The quantitative estimate of drug-likeness (QED) is 0.918. The fourth-order valence-electron chi connectivity index (χ4n) is 2.60. The molecule has 19 heavy (non-hydrogen) atoms. The lowest BCUT2D eigenvalue weighted by Crippen LogP contribution is -2.36. The molecule has 1 aromatic rings. The highest BCUT2D eigenvalue weighted by molar-refractivity contribution is 7.89. The molecule has 2 N–H and O–H groups in total. The van der Waals surface area contributed by atoms with Crippen LogP contribution >= 0.6 is 0 Å². The van der Waals surface area contributed by atoms with Crippen molar-refractivity contribution in [3.8, 4) is 0 Å². The molecule has 1 aromatic carbocycles. The highest BCUT2D eigenvalue weighted by Crippen LogP contribution is 2.29. The third kappa shape index (κ3) is 2.66. The van der Waals surface area contributed by atoms with Crippen molar-refractivity contribution in [1.82, 2.24) is 4.31 Å². The predicted octanol–water partition coefficient (Wildman–Crippen LogP) is 1.85. The molecule has 106 valence electrons.